The Hall–Kier alpha value is -1.10. The van der Waals surface area contributed by atoms with Crippen molar-refractivity contribution < 1.29 is 9.84 Å². The van der Waals surface area contributed by atoms with Gasteiger partial charge in [0.05, 0.1) is 13.7 Å². The van der Waals surface area contributed by atoms with Crippen LogP contribution in [0.2, 0.25) is 0 Å². The number of ether oxygens (including phenoxy) is 1. The maximum absolute atomic E-state index is 8.84. The molecule has 14 heavy (non-hydrogen) atoms. The first-order chi connectivity index (χ1) is 6.69. The summed E-state index contributed by atoms with van der Waals surface area (Å²) in [6, 6.07) is 6.56. The highest BCUT2D eigenvalue weighted by Crippen LogP contribution is 2.17. The highest BCUT2D eigenvalue weighted by atomic mass is 16.5. The summed E-state index contributed by atoms with van der Waals surface area (Å²) in [4.78, 5) is 0. The molecule has 0 aromatic heterocycles. The van der Waals surface area contributed by atoms with Crippen molar-refractivity contribution in [3.8, 4) is 5.75 Å². The minimum atomic E-state index is -0.427. The molecule has 1 aromatic rings. The van der Waals surface area contributed by atoms with Gasteiger partial charge in [0.15, 0.2) is 0 Å². The minimum absolute atomic E-state index is 0.118. The standard InChI is InChI=1S/C10H16N2O2/c1-14-8-4-2-7(3-5-8)10(12)9(11)6-13/h2-5,9-10,13H,6,11-12H2,1H3. The molecule has 2 atom stereocenters. The predicted octanol–water partition coefficient (Wildman–Crippen LogP) is 0.0146. The fourth-order valence-corrected chi connectivity index (χ4v) is 1.19. The van der Waals surface area contributed by atoms with E-state index in [-0.39, 0.29) is 12.6 Å². The van der Waals surface area contributed by atoms with Gasteiger partial charge in [-0.05, 0) is 17.7 Å². The molecule has 0 spiro atoms. The molecule has 0 amide bonds. The summed E-state index contributed by atoms with van der Waals surface area (Å²) in [6.45, 7) is -0.118. The molecule has 0 bridgehead atoms. The van der Waals surface area contributed by atoms with Crippen molar-refractivity contribution in [2.24, 2.45) is 11.5 Å². The molecule has 0 heterocycles. The molecule has 0 aliphatic rings. The van der Waals surface area contributed by atoms with Crippen LogP contribution in [-0.2, 0) is 0 Å². The second-order valence-electron chi connectivity index (χ2n) is 3.15. The first kappa shape index (κ1) is 11.0. The number of hydrogen-bond acceptors (Lipinski definition) is 4. The molecule has 0 saturated carbocycles. The molecule has 2 unspecified atom stereocenters. The molecule has 0 aliphatic heterocycles. The Morgan fingerprint density at radius 3 is 2.29 bits per heavy atom. The van der Waals surface area contributed by atoms with Crippen molar-refractivity contribution in [1.29, 1.82) is 0 Å². The lowest BCUT2D eigenvalue weighted by Gasteiger charge is -2.18. The molecule has 5 N–H and O–H groups in total. The van der Waals surface area contributed by atoms with Crippen LogP contribution in [0.1, 0.15) is 11.6 Å². The van der Waals surface area contributed by atoms with E-state index < -0.39 is 6.04 Å². The normalized spacial score (nSPS) is 14.9. The van der Waals surface area contributed by atoms with Gasteiger partial charge in [-0.1, -0.05) is 12.1 Å². The lowest BCUT2D eigenvalue weighted by Crippen LogP contribution is -2.37. The Bertz CT molecular complexity index is 274. The number of aliphatic hydroxyl groups is 1. The number of benzene rings is 1. The summed E-state index contributed by atoms with van der Waals surface area (Å²) in [5.41, 5.74) is 12.3. The van der Waals surface area contributed by atoms with Crippen LogP contribution < -0.4 is 16.2 Å². The van der Waals surface area contributed by atoms with Crippen LogP contribution in [0.3, 0.4) is 0 Å². The maximum Gasteiger partial charge on any atom is 0.118 e. The molecule has 0 saturated heterocycles. The van der Waals surface area contributed by atoms with E-state index in [1.54, 1.807) is 7.11 Å². The summed E-state index contributed by atoms with van der Waals surface area (Å²) in [5.74, 6) is 0.776. The van der Waals surface area contributed by atoms with Crippen LogP contribution in [0.4, 0.5) is 0 Å². The summed E-state index contributed by atoms with van der Waals surface area (Å²) >= 11 is 0. The monoisotopic (exact) mass is 196 g/mol. The largest absolute Gasteiger partial charge is 0.497 e. The van der Waals surface area contributed by atoms with Gasteiger partial charge in [-0.2, -0.15) is 0 Å². The average Bonchev–Trinajstić information content (AvgIpc) is 2.27. The van der Waals surface area contributed by atoms with Crippen LogP contribution >= 0.6 is 0 Å². The van der Waals surface area contributed by atoms with Gasteiger partial charge in [-0.25, -0.2) is 0 Å². The lowest BCUT2D eigenvalue weighted by atomic mass is 10.0. The van der Waals surface area contributed by atoms with E-state index in [0.717, 1.165) is 11.3 Å². The summed E-state index contributed by atoms with van der Waals surface area (Å²) < 4.78 is 5.01. The van der Waals surface area contributed by atoms with E-state index >= 15 is 0 Å². The first-order valence-corrected chi connectivity index (χ1v) is 4.45. The fraction of sp³-hybridized carbons (Fsp3) is 0.400. The number of aliphatic hydroxyl groups excluding tert-OH is 1. The predicted molar refractivity (Wildman–Crippen MR) is 55.0 cm³/mol. The fourth-order valence-electron chi connectivity index (χ4n) is 1.19. The summed E-state index contributed by atoms with van der Waals surface area (Å²) in [7, 11) is 1.61. The first-order valence-electron chi connectivity index (χ1n) is 4.45. The average molecular weight is 196 g/mol. The highest BCUT2D eigenvalue weighted by molar-refractivity contribution is 5.29. The van der Waals surface area contributed by atoms with Crippen molar-refractivity contribution in [2.45, 2.75) is 12.1 Å². The third-order valence-electron chi connectivity index (χ3n) is 2.17. The zero-order chi connectivity index (χ0) is 10.6. The van der Waals surface area contributed by atoms with Crippen LogP contribution in [0.15, 0.2) is 24.3 Å². The van der Waals surface area contributed by atoms with Gasteiger partial charge in [0, 0.05) is 12.1 Å². The molecule has 78 valence electrons. The second-order valence-corrected chi connectivity index (χ2v) is 3.15. The van der Waals surface area contributed by atoms with Crippen molar-refractivity contribution in [1.82, 2.24) is 0 Å². The number of nitrogens with two attached hydrogens (primary N) is 2. The number of rotatable bonds is 4. The molecule has 0 fully saturated rings. The van der Waals surface area contributed by atoms with Gasteiger partial charge in [-0.15, -0.1) is 0 Å². The lowest BCUT2D eigenvalue weighted by molar-refractivity contribution is 0.250. The summed E-state index contributed by atoms with van der Waals surface area (Å²) in [6.07, 6.45) is 0. The quantitative estimate of drug-likeness (QED) is 0.634. The molecule has 0 aliphatic carbocycles. The molecule has 4 heteroatoms. The molecule has 1 rings (SSSR count). The van der Waals surface area contributed by atoms with Crippen LogP contribution in [0.5, 0.6) is 5.75 Å². The van der Waals surface area contributed by atoms with E-state index in [2.05, 4.69) is 0 Å². The molecular weight excluding hydrogens is 180 g/mol. The van der Waals surface area contributed by atoms with Gasteiger partial charge in [0.1, 0.15) is 5.75 Å². The van der Waals surface area contributed by atoms with E-state index in [9.17, 15) is 0 Å². The van der Waals surface area contributed by atoms with E-state index in [1.807, 2.05) is 24.3 Å². The van der Waals surface area contributed by atoms with Crippen molar-refractivity contribution >= 4 is 0 Å². The van der Waals surface area contributed by atoms with Gasteiger partial charge < -0.3 is 21.3 Å². The summed E-state index contributed by atoms with van der Waals surface area (Å²) in [5, 5.41) is 8.84. The molecule has 4 nitrogen and oxygen atoms in total. The Kier molecular flexibility index (Phi) is 3.88. The smallest absolute Gasteiger partial charge is 0.118 e. The number of methoxy groups -OCH3 is 1. The Balaban J connectivity index is 2.75. The van der Waals surface area contributed by atoms with Crippen LogP contribution in [0.25, 0.3) is 0 Å². The molecule has 1 aromatic carbocycles. The maximum atomic E-state index is 8.84. The third kappa shape index (κ3) is 2.45. The molecular formula is C10H16N2O2. The van der Waals surface area contributed by atoms with Gasteiger partial charge in [0.25, 0.3) is 0 Å². The molecule has 0 radical (unpaired) electrons. The Morgan fingerprint density at radius 1 is 1.29 bits per heavy atom. The zero-order valence-electron chi connectivity index (χ0n) is 8.18. The zero-order valence-corrected chi connectivity index (χ0v) is 8.18. The Morgan fingerprint density at radius 2 is 1.86 bits per heavy atom. The van der Waals surface area contributed by atoms with Gasteiger partial charge >= 0.3 is 0 Å². The van der Waals surface area contributed by atoms with E-state index in [4.69, 9.17) is 21.3 Å². The van der Waals surface area contributed by atoms with E-state index in [0.29, 0.717) is 0 Å². The van der Waals surface area contributed by atoms with Crippen LogP contribution in [0, 0.1) is 0 Å². The van der Waals surface area contributed by atoms with Crippen molar-refractivity contribution in [2.75, 3.05) is 13.7 Å². The number of hydrogen-bond donors (Lipinski definition) is 3. The van der Waals surface area contributed by atoms with Crippen molar-refractivity contribution in [3.05, 3.63) is 29.8 Å². The third-order valence-corrected chi connectivity index (χ3v) is 2.17. The van der Waals surface area contributed by atoms with Gasteiger partial charge in [0.2, 0.25) is 0 Å². The minimum Gasteiger partial charge on any atom is -0.497 e. The van der Waals surface area contributed by atoms with Gasteiger partial charge in [-0.3, -0.25) is 0 Å². The topological polar surface area (TPSA) is 81.5 Å². The SMILES string of the molecule is COc1ccc(C(N)C(N)CO)cc1. The van der Waals surface area contributed by atoms with Crippen LogP contribution in [-0.4, -0.2) is 24.9 Å². The van der Waals surface area contributed by atoms with Crippen molar-refractivity contribution in [3.63, 3.8) is 0 Å². The second kappa shape index (κ2) is 4.95. The Labute approximate surface area is 83.5 Å². The van der Waals surface area contributed by atoms with E-state index in [1.165, 1.54) is 0 Å². The highest BCUT2D eigenvalue weighted by Gasteiger charge is 2.13.